The molecule has 0 aliphatic carbocycles. The number of nitrogens with zero attached hydrogens (tertiary/aromatic N) is 4. The van der Waals surface area contributed by atoms with Gasteiger partial charge in [-0.05, 0) is 36.1 Å². The predicted molar refractivity (Wildman–Crippen MR) is 134 cm³/mol. The average Bonchev–Trinajstić information content (AvgIpc) is 3.31. The molecule has 2 aromatic carbocycles. The lowest BCUT2D eigenvalue weighted by Gasteiger charge is -2.26. The van der Waals surface area contributed by atoms with E-state index < -0.39 is 0 Å². The van der Waals surface area contributed by atoms with Crippen LogP contribution in [0.3, 0.4) is 0 Å². The van der Waals surface area contributed by atoms with Crippen LogP contribution < -0.4 is 0 Å². The van der Waals surface area contributed by atoms with Crippen molar-refractivity contribution in [3.05, 3.63) is 72.2 Å². The summed E-state index contributed by atoms with van der Waals surface area (Å²) in [7, 11) is 1.36. The zero-order chi connectivity index (χ0) is 24.4. The van der Waals surface area contributed by atoms with Gasteiger partial charge >= 0.3 is 5.97 Å². The second kappa shape index (κ2) is 9.89. The van der Waals surface area contributed by atoms with Gasteiger partial charge in [0.05, 0.1) is 31.4 Å². The van der Waals surface area contributed by atoms with Gasteiger partial charge in [0.2, 0.25) is 5.95 Å². The first-order chi connectivity index (χ1) is 17.1. The largest absolute Gasteiger partial charge is 0.465 e. The van der Waals surface area contributed by atoms with Gasteiger partial charge in [-0.3, -0.25) is 9.36 Å². The van der Waals surface area contributed by atoms with Crippen LogP contribution >= 0.6 is 11.8 Å². The number of aromatic nitrogens is 3. The predicted octanol–water partition coefficient (Wildman–Crippen LogP) is 4.07. The Balaban J connectivity index is 1.47. The van der Waals surface area contributed by atoms with E-state index in [-0.39, 0.29) is 11.9 Å². The SMILES string of the molecule is COC(=O)c1ccc(-c2cnc(-n3cc(SC)c4ccc(C(=O)N5CCOCC5)cc43)nc2)cc1. The molecule has 9 heteroatoms. The Morgan fingerprint density at radius 2 is 1.66 bits per heavy atom. The van der Waals surface area contributed by atoms with Gasteiger partial charge in [-0.25, -0.2) is 14.8 Å². The smallest absolute Gasteiger partial charge is 0.337 e. The van der Waals surface area contributed by atoms with E-state index in [1.807, 2.05) is 52.3 Å². The minimum atomic E-state index is -0.376. The lowest BCUT2D eigenvalue weighted by atomic mass is 10.1. The number of hydrogen-bond acceptors (Lipinski definition) is 7. The van der Waals surface area contributed by atoms with Gasteiger partial charge in [0.15, 0.2) is 0 Å². The normalized spacial score (nSPS) is 13.7. The molecule has 0 bridgehead atoms. The fourth-order valence-corrected chi connectivity index (χ4v) is 4.72. The van der Waals surface area contributed by atoms with E-state index in [9.17, 15) is 9.59 Å². The second-order valence-corrected chi connectivity index (χ2v) is 8.89. The first-order valence-corrected chi connectivity index (χ1v) is 12.4. The Morgan fingerprint density at radius 3 is 2.31 bits per heavy atom. The summed E-state index contributed by atoms with van der Waals surface area (Å²) in [5, 5.41) is 1.04. The molecule has 1 saturated heterocycles. The Morgan fingerprint density at radius 1 is 0.971 bits per heavy atom. The maximum Gasteiger partial charge on any atom is 0.337 e. The highest BCUT2D eigenvalue weighted by Crippen LogP contribution is 2.31. The number of esters is 1. The van der Waals surface area contributed by atoms with E-state index in [0.717, 1.165) is 26.9 Å². The monoisotopic (exact) mass is 488 g/mol. The first-order valence-electron chi connectivity index (χ1n) is 11.2. The third kappa shape index (κ3) is 4.52. The van der Waals surface area contributed by atoms with Crippen LogP contribution in [0.5, 0.6) is 0 Å². The zero-order valence-corrected chi connectivity index (χ0v) is 20.2. The summed E-state index contributed by atoms with van der Waals surface area (Å²) in [6.07, 6.45) is 7.53. The molecule has 0 atom stereocenters. The molecule has 35 heavy (non-hydrogen) atoms. The van der Waals surface area contributed by atoms with Crippen LogP contribution in [0.1, 0.15) is 20.7 Å². The molecule has 0 saturated carbocycles. The Bertz CT molecular complexity index is 1380. The molecule has 4 aromatic rings. The third-order valence-electron chi connectivity index (χ3n) is 6.03. The highest BCUT2D eigenvalue weighted by Gasteiger charge is 2.20. The molecule has 0 spiro atoms. The van der Waals surface area contributed by atoms with Crippen molar-refractivity contribution in [3.8, 4) is 17.1 Å². The van der Waals surface area contributed by atoms with E-state index in [1.54, 1.807) is 36.3 Å². The van der Waals surface area contributed by atoms with Crippen molar-refractivity contribution < 1.29 is 19.1 Å². The molecule has 178 valence electrons. The van der Waals surface area contributed by atoms with Crippen molar-refractivity contribution in [2.24, 2.45) is 0 Å². The number of carbonyl (C=O) groups is 2. The fraction of sp³-hybridized carbons (Fsp3) is 0.231. The molecule has 1 amide bonds. The summed E-state index contributed by atoms with van der Waals surface area (Å²) in [4.78, 5) is 36.8. The number of ether oxygens (including phenoxy) is 2. The molecular weight excluding hydrogens is 464 g/mol. The summed E-state index contributed by atoms with van der Waals surface area (Å²) in [6.45, 7) is 2.32. The fourth-order valence-electron chi connectivity index (χ4n) is 4.12. The van der Waals surface area contributed by atoms with Crippen LogP contribution in [0.4, 0.5) is 0 Å². The van der Waals surface area contributed by atoms with Crippen LogP contribution in [-0.2, 0) is 9.47 Å². The number of benzene rings is 2. The van der Waals surface area contributed by atoms with Gasteiger partial charge < -0.3 is 14.4 Å². The van der Waals surface area contributed by atoms with E-state index in [4.69, 9.17) is 9.47 Å². The molecule has 0 radical (unpaired) electrons. The lowest BCUT2D eigenvalue weighted by molar-refractivity contribution is 0.0303. The summed E-state index contributed by atoms with van der Waals surface area (Å²) >= 11 is 1.64. The lowest BCUT2D eigenvalue weighted by Crippen LogP contribution is -2.40. The Labute approximate surface area is 206 Å². The average molecular weight is 489 g/mol. The van der Waals surface area contributed by atoms with E-state index in [1.165, 1.54) is 7.11 Å². The number of methoxy groups -OCH3 is 1. The first kappa shape index (κ1) is 23.1. The minimum absolute atomic E-state index is 0.000296. The Hall–Kier alpha value is -3.69. The second-order valence-electron chi connectivity index (χ2n) is 8.04. The molecule has 1 aliphatic rings. The van der Waals surface area contributed by atoms with Gasteiger partial charge in [0, 0.05) is 53.1 Å². The summed E-state index contributed by atoms with van der Waals surface area (Å²) < 4.78 is 12.0. The van der Waals surface area contributed by atoms with Crippen LogP contribution in [0, 0.1) is 0 Å². The maximum atomic E-state index is 13.1. The van der Waals surface area contributed by atoms with Crippen molar-refractivity contribution in [3.63, 3.8) is 0 Å². The third-order valence-corrected chi connectivity index (χ3v) is 6.79. The summed E-state index contributed by atoms with van der Waals surface area (Å²) in [6, 6.07) is 12.9. The molecule has 2 aromatic heterocycles. The van der Waals surface area contributed by atoms with Crippen LogP contribution in [0.2, 0.25) is 0 Å². The van der Waals surface area contributed by atoms with Gasteiger partial charge in [-0.15, -0.1) is 11.8 Å². The highest BCUT2D eigenvalue weighted by atomic mass is 32.2. The molecule has 0 N–H and O–H groups in total. The van der Waals surface area contributed by atoms with E-state index in [0.29, 0.717) is 43.4 Å². The van der Waals surface area contributed by atoms with E-state index >= 15 is 0 Å². The van der Waals surface area contributed by atoms with Gasteiger partial charge in [0.25, 0.3) is 5.91 Å². The minimum Gasteiger partial charge on any atom is -0.465 e. The van der Waals surface area contributed by atoms with Crippen LogP contribution in [0.15, 0.2) is 66.0 Å². The number of thioether (sulfide) groups is 1. The zero-order valence-electron chi connectivity index (χ0n) is 19.4. The van der Waals surface area contributed by atoms with E-state index in [2.05, 4.69) is 9.97 Å². The maximum absolute atomic E-state index is 13.1. The number of hydrogen-bond donors (Lipinski definition) is 0. The van der Waals surface area contributed by atoms with Crippen molar-refractivity contribution in [1.82, 2.24) is 19.4 Å². The number of carbonyl (C=O) groups excluding carboxylic acids is 2. The molecule has 5 rings (SSSR count). The molecule has 0 unspecified atom stereocenters. The van der Waals surface area contributed by atoms with Crippen LogP contribution in [0.25, 0.3) is 28.0 Å². The number of fused-ring (bicyclic) bond motifs is 1. The molecule has 8 nitrogen and oxygen atoms in total. The van der Waals surface area contributed by atoms with Crippen molar-refractivity contribution >= 4 is 34.5 Å². The van der Waals surface area contributed by atoms with Gasteiger partial charge in [-0.1, -0.05) is 18.2 Å². The van der Waals surface area contributed by atoms with Crippen molar-refractivity contribution in [1.29, 1.82) is 0 Å². The van der Waals surface area contributed by atoms with Crippen molar-refractivity contribution in [2.45, 2.75) is 4.90 Å². The number of rotatable bonds is 5. The standard InChI is InChI=1S/C26H24N4O4S/c1-33-25(32)18-5-3-17(4-6-18)20-14-27-26(28-15-20)30-16-23(35-2)21-8-7-19(13-22(21)30)24(31)29-9-11-34-12-10-29/h3-8,13-16H,9-12H2,1-2H3. The summed E-state index contributed by atoms with van der Waals surface area (Å²) in [5.74, 6) is 0.139. The molecular formula is C26H24N4O4S. The Kier molecular flexibility index (Phi) is 6.52. The molecule has 3 heterocycles. The molecule has 1 fully saturated rings. The quantitative estimate of drug-likeness (QED) is 0.309. The molecule has 1 aliphatic heterocycles. The van der Waals surface area contributed by atoms with Crippen LogP contribution in [-0.4, -0.2) is 71.0 Å². The highest BCUT2D eigenvalue weighted by molar-refractivity contribution is 7.98. The number of morpholine rings is 1. The van der Waals surface area contributed by atoms with Gasteiger partial charge in [-0.2, -0.15) is 0 Å². The van der Waals surface area contributed by atoms with Gasteiger partial charge in [0.1, 0.15) is 0 Å². The number of amides is 1. The van der Waals surface area contributed by atoms with Crippen molar-refractivity contribution in [2.75, 3.05) is 39.7 Å². The topological polar surface area (TPSA) is 86.5 Å². The summed E-state index contributed by atoms with van der Waals surface area (Å²) in [5.41, 5.74) is 3.72.